The number of hydrogen-bond acceptors (Lipinski definition) is 5. The molecular formula is C23H27BrN2O3S. The molecule has 0 saturated carbocycles. The molecule has 0 bridgehead atoms. The van der Waals surface area contributed by atoms with Gasteiger partial charge >= 0.3 is 5.97 Å². The van der Waals surface area contributed by atoms with Crippen LogP contribution in [0.25, 0.3) is 0 Å². The average molecular weight is 491 g/mol. The van der Waals surface area contributed by atoms with Crippen molar-refractivity contribution in [1.82, 2.24) is 4.90 Å². The van der Waals surface area contributed by atoms with Crippen molar-refractivity contribution in [3.63, 3.8) is 0 Å². The van der Waals surface area contributed by atoms with Crippen LogP contribution in [0.3, 0.4) is 0 Å². The number of aryl methyl sites for hydroxylation is 1. The number of anilines is 1. The summed E-state index contributed by atoms with van der Waals surface area (Å²) in [6, 6.07) is 8.40. The molecule has 2 heterocycles. The van der Waals surface area contributed by atoms with Crippen LogP contribution in [0.2, 0.25) is 0 Å². The van der Waals surface area contributed by atoms with Gasteiger partial charge in [-0.1, -0.05) is 28.1 Å². The number of nitrogens with one attached hydrogen (secondary N) is 1. The highest BCUT2D eigenvalue weighted by Crippen LogP contribution is 2.39. The molecule has 1 saturated heterocycles. The molecule has 0 radical (unpaired) electrons. The number of likely N-dealkylation sites (tertiary alicyclic amines) is 1. The molecule has 2 aromatic rings. The number of amides is 1. The van der Waals surface area contributed by atoms with E-state index >= 15 is 0 Å². The molecule has 1 fully saturated rings. The van der Waals surface area contributed by atoms with E-state index < -0.39 is 0 Å². The summed E-state index contributed by atoms with van der Waals surface area (Å²) in [5.74, 6) is -0.327. The van der Waals surface area contributed by atoms with Gasteiger partial charge in [-0.15, -0.1) is 11.3 Å². The molecule has 5 nitrogen and oxygen atoms in total. The monoisotopic (exact) mass is 490 g/mol. The van der Waals surface area contributed by atoms with Crippen LogP contribution in [-0.4, -0.2) is 37.0 Å². The summed E-state index contributed by atoms with van der Waals surface area (Å²) in [4.78, 5) is 29.0. The van der Waals surface area contributed by atoms with Crippen molar-refractivity contribution in [2.24, 2.45) is 5.92 Å². The van der Waals surface area contributed by atoms with E-state index in [1.54, 1.807) is 11.3 Å². The van der Waals surface area contributed by atoms with Crippen molar-refractivity contribution in [2.75, 3.05) is 25.5 Å². The molecule has 160 valence electrons. The number of rotatable bonds is 5. The summed E-state index contributed by atoms with van der Waals surface area (Å²) in [5.41, 5.74) is 2.95. The Balaban J connectivity index is 1.38. The summed E-state index contributed by atoms with van der Waals surface area (Å²) < 4.78 is 6.10. The number of methoxy groups -OCH3 is 1. The first-order valence-electron chi connectivity index (χ1n) is 10.6. The number of ether oxygens (including phenoxy) is 1. The number of fused-ring (bicyclic) bond motifs is 1. The second-order valence-electron chi connectivity index (χ2n) is 8.07. The molecule has 2 aliphatic rings. The topological polar surface area (TPSA) is 58.6 Å². The van der Waals surface area contributed by atoms with E-state index in [0.717, 1.165) is 68.2 Å². The normalized spacial score (nSPS) is 17.4. The highest BCUT2D eigenvalue weighted by Gasteiger charge is 2.30. The Morgan fingerprint density at radius 2 is 1.87 bits per heavy atom. The van der Waals surface area contributed by atoms with Gasteiger partial charge in [-0.05, 0) is 74.9 Å². The van der Waals surface area contributed by atoms with Crippen molar-refractivity contribution in [3.8, 4) is 0 Å². The minimum Gasteiger partial charge on any atom is -0.465 e. The van der Waals surface area contributed by atoms with Gasteiger partial charge in [0.15, 0.2) is 0 Å². The van der Waals surface area contributed by atoms with Gasteiger partial charge in [-0.25, -0.2) is 4.79 Å². The van der Waals surface area contributed by atoms with Crippen LogP contribution in [0.1, 0.15) is 52.0 Å². The fourth-order valence-electron chi connectivity index (χ4n) is 4.39. The Morgan fingerprint density at radius 1 is 1.17 bits per heavy atom. The summed E-state index contributed by atoms with van der Waals surface area (Å²) in [5, 5.41) is 3.76. The van der Waals surface area contributed by atoms with Crippen LogP contribution < -0.4 is 5.32 Å². The number of esters is 1. The molecule has 0 atom stereocenters. The Labute approximate surface area is 189 Å². The summed E-state index contributed by atoms with van der Waals surface area (Å²) >= 11 is 5.03. The molecule has 0 spiro atoms. The molecule has 1 aromatic heterocycles. The lowest BCUT2D eigenvalue weighted by Crippen LogP contribution is -2.37. The quantitative estimate of drug-likeness (QED) is 0.597. The van der Waals surface area contributed by atoms with Gasteiger partial charge in [-0.2, -0.15) is 0 Å². The van der Waals surface area contributed by atoms with Crippen LogP contribution >= 0.6 is 27.3 Å². The highest BCUT2D eigenvalue weighted by atomic mass is 79.9. The standard InChI is InChI=1S/C23H27BrN2O3S/c1-29-23(28)20-18-4-2-3-5-19(18)30-22(20)25-21(27)16-10-12-26(13-11-16)14-15-6-8-17(24)9-7-15/h6-9,16H,2-5,10-14H2,1H3,(H,25,27). The third-order valence-electron chi connectivity index (χ3n) is 6.08. The van der Waals surface area contributed by atoms with E-state index in [2.05, 4.69) is 50.4 Å². The minimum absolute atomic E-state index is 0.0178. The SMILES string of the molecule is COC(=O)c1c(NC(=O)C2CCN(Cc3ccc(Br)cc3)CC2)sc2c1CCCC2. The lowest BCUT2D eigenvalue weighted by molar-refractivity contribution is -0.121. The fourth-order valence-corrected chi connectivity index (χ4v) is 5.93. The molecule has 1 amide bonds. The van der Waals surface area contributed by atoms with Gasteiger partial charge in [0.2, 0.25) is 5.91 Å². The highest BCUT2D eigenvalue weighted by molar-refractivity contribution is 9.10. The smallest absolute Gasteiger partial charge is 0.341 e. The molecule has 30 heavy (non-hydrogen) atoms. The number of carbonyl (C=O) groups is 2. The van der Waals surface area contributed by atoms with E-state index in [9.17, 15) is 9.59 Å². The van der Waals surface area contributed by atoms with Crippen LogP contribution in [0.4, 0.5) is 5.00 Å². The Hall–Kier alpha value is -1.70. The van der Waals surface area contributed by atoms with E-state index in [1.165, 1.54) is 17.6 Å². The van der Waals surface area contributed by atoms with Crippen LogP contribution in [0, 0.1) is 5.92 Å². The maximum atomic E-state index is 13.0. The molecule has 1 aliphatic heterocycles. The summed E-state index contributed by atoms with van der Waals surface area (Å²) in [6.07, 6.45) is 5.76. The van der Waals surface area contributed by atoms with E-state index in [0.29, 0.717) is 10.6 Å². The van der Waals surface area contributed by atoms with Gasteiger partial charge in [0.1, 0.15) is 5.00 Å². The second-order valence-corrected chi connectivity index (χ2v) is 10.1. The Bertz CT molecular complexity index is 917. The minimum atomic E-state index is -0.339. The first-order chi connectivity index (χ1) is 14.5. The molecule has 0 unspecified atom stereocenters. The molecule has 1 aliphatic carbocycles. The number of halogens is 1. The molecule has 1 N–H and O–H groups in total. The van der Waals surface area contributed by atoms with E-state index in [-0.39, 0.29) is 17.8 Å². The van der Waals surface area contributed by atoms with Crippen molar-refractivity contribution >= 4 is 44.1 Å². The number of piperidine rings is 1. The zero-order valence-electron chi connectivity index (χ0n) is 17.2. The van der Waals surface area contributed by atoms with Gasteiger partial charge in [0.25, 0.3) is 0 Å². The summed E-state index contributed by atoms with van der Waals surface area (Å²) in [6.45, 7) is 2.71. The predicted octanol–water partition coefficient (Wildman–Crippen LogP) is 5.03. The van der Waals surface area contributed by atoms with Gasteiger partial charge in [-0.3, -0.25) is 9.69 Å². The number of nitrogens with zero attached hydrogens (tertiary/aromatic N) is 1. The first-order valence-corrected chi connectivity index (χ1v) is 12.2. The number of carbonyl (C=O) groups excluding carboxylic acids is 2. The molecule has 4 rings (SSSR count). The number of hydrogen-bond donors (Lipinski definition) is 1. The van der Waals surface area contributed by atoms with Crippen LogP contribution in [0.5, 0.6) is 0 Å². The third kappa shape index (κ3) is 4.79. The maximum absolute atomic E-state index is 13.0. The van der Waals surface area contributed by atoms with Crippen molar-refractivity contribution in [1.29, 1.82) is 0 Å². The fraction of sp³-hybridized carbons (Fsp3) is 0.478. The Kier molecular flexibility index (Phi) is 6.91. The van der Waals surface area contributed by atoms with Crippen LogP contribution in [-0.2, 0) is 28.9 Å². The van der Waals surface area contributed by atoms with Gasteiger partial charge in [0, 0.05) is 21.8 Å². The third-order valence-corrected chi connectivity index (χ3v) is 7.81. The number of thiophene rings is 1. The van der Waals surface area contributed by atoms with Crippen molar-refractivity contribution in [3.05, 3.63) is 50.3 Å². The Morgan fingerprint density at radius 3 is 2.57 bits per heavy atom. The lowest BCUT2D eigenvalue weighted by atomic mass is 9.94. The van der Waals surface area contributed by atoms with E-state index in [4.69, 9.17) is 4.74 Å². The zero-order chi connectivity index (χ0) is 21.1. The number of benzene rings is 1. The van der Waals surface area contributed by atoms with Crippen molar-refractivity contribution < 1.29 is 14.3 Å². The maximum Gasteiger partial charge on any atom is 0.341 e. The van der Waals surface area contributed by atoms with Gasteiger partial charge < -0.3 is 10.1 Å². The van der Waals surface area contributed by atoms with Gasteiger partial charge in [0.05, 0.1) is 12.7 Å². The molecule has 1 aromatic carbocycles. The second kappa shape index (κ2) is 9.62. The van der Waals surface area contributed by atoms with Crippen molar-refractivity contribution in [2.45, 2.75) is 45.1 Å². The largest absolute Gasteiger partial charge is 0.465 e. The molecular weight excluding hydrogens is 464 g/mol. The van der Waals surface area contributed by atoms with E-state index in [1.807, 2.05) is 0 Å². The lowest BCUT2D eigenvalue weighted by Gasteiger charge is -2.31. The zero-order valence-corrected chi connectivity index (χ0v) is 19.6. The van der Waals surface area contributed by atoms with Crippen LogP contribution in [0.15, 0.2) is 28.7 Å². The summed E-state index contributed by atoms with van der Waals surface area (Å²) in [7, 11) is 1.40. The predicted molar refractivity (Wildman–Crippen MR) is 123 cm³/mol. The first kappa shape index (κ1) is 21.5. The average Bonchev–Trinajstić information content (AvgIpc) is 3.13. The molecule has 7 heteroatoms.